The fourth-order valence-electron chi connectivity index (χ4n) is 1.59. The van der Waals surface area contributed by atoms with Gasteiger partial charge in [-0.2, -0.15) is 0 Å². The summed E-state index contributed by atoms with van der Waals surface area (Å²) >= 11 is 0. The summed E-state index contributed by atoms with van der Waals surface area (Å²) < 4.78 is 5.86. The van der Waals surface area contributed by atoms with Gasteiger partial charge in [0.15, 0.2) is 0 Å². The molecule has 1 heterocycles. The van der Waals surface area contributed by atoms with Crippen LogP contribution in [0.3, 0.4) is 0 Å². The lowest BCUT2D eigenvalue weighted by Gasteiger charge is -2.17. The minimum absolute atomic E-state index is 0.212. The van der Waals surface area contributed by atoms with Gasteiger partial charge in [-0.25, -0.2) is 4.98 Å². The van der Waals surface area contributed by atoms with Crippen LogP contribution in [-0.4, -0.2) is 18.1 Å². The normalized spacial score (nSPS) is 12.6. The second kappa shape index (κ2) is 5.85. The number of nitrogens with zero attached hydrogens (tertiary/aromatic N) is 1. The van der Waals surface area contributed by atoms with Crippen LogP contribution in [0, 0.1) is 13.8 Å². The van der Waals surface area contributed by atoms with Crippen molar-refractivity contribution in [2.45, 2.75) is 46.8 Å². The van der Waals surface area contributed by atoms with E-state index in [4.69, 9.17) is 4.74 Å². The van der Waals surface area contributed by atoms with Gasteiger partial charge >= 0.3 is 0 Å². The third-order valence-electron chi connectivity index (χ3n) is 2.68. The summed E-state index contributed by atoms with van der Waals surface area (Å²) in [5.74, 6) is 0.779. The number of aromatic nitrogens is 1. The van der Waals surface area contributed by atoms with Gasteiger partial charge in [0.25, 0.3) is 0 Å². The third kappa shape index (κ3) is 3.20. The highest BCUT2D eigenvalue weighted by Crippen LogP contribution is 2.22. The summed E-state index contributed by atoms with van der Waals surface area (Å²) in [5.41, 5.74) is 3.41. The molecule has 1 aromatic rings. The molecule has 0 bridgehead atoms. The van der Waals surface area contributed by atoms with Gasteiger partial charge in [-0.15, -0.1) is 0 Å². The van der Waals surface area contributed by atoms with Gasteiger partial charge in [0, 0.05) is 17.8 Å². The van der Waals surface area contributed by atoms with Crippen LogP contribution in [0.5, 0.6) is 5.88 Å². The van der Waals surface area contributed by atoms with Crippen molar-refractivity contribution >= 4 is 0 Å². The maximum absolute atomic E-state index is 5.86. The van der Waals surface area contributed by atoms with E-state index in [0.29, 0.717) is 0 Å². The number of aryl methyl sites for hydroxylation is 2. The first-order valence-corrected chi connectivity index (χ1v) is 5.86. The largest absolute Gasteiger partial charge is 0.474 e. The van der Waals surface area contributed by atoms with E-state index >= 15 is 0 Å². The first-order chi connectivity index (χ1) is 7.58. The fraction of sp³-hybridized carbons (Fsp3) is 0.615. The molecule has 1 atom stereocenters. The molecular weight excluding hydrogens is 200 g/mol. The predicted molar refractivity (Wildman–Crippen MR) is 66.9 cm³/mol. The van der Waals surface area contributed by atoms with Gasteiger partial charge in [-0.05, 0) is 45.9 Å². The van der Waals surface area contributed by atoms with Gasteiger partial charge in [-0.1, -0.05) is 6.92 Å². The van der Waals surface area contributed by atoms with E-state index in [2.05, 4.69) is 37.1 Å². The first kappa shape index (κ1) is 13.0. The van der Waals surface area contributed by atoms with Crippen LogP contribution >= 0.6 is 0 Å². The lowest BCUT2D eigenvalue weighted by atomic mass is 10.1. The number of hydrogen-bond donors (Lipinski definition) is 1. The molecule has 1 rings (SSSR count). The molecule has 0 saturated heterocycles. The van der Waals surface area contributed by atoms with Crippen LogP contribution in [0.1, 0.15) is 37.1 Å². The Balaban J connectivity index is 3.03. The molecule has 1 unspecified atom stereocenters. The number of hydrogen-bond acceptors (Lipinski definition) is 3. The van der Waals surface area contributed by atoms with Crippen molar-refractivity contribution in [3.05, 3.63) is 22.9 Å². The fourth-order valence-corrected chi connectivity index (χ4v) is 1.59. The summed E-state index contributed by atoms with van der Waals surface area (Å²) in [7, 11) is 1.94. The maximum atomic E-state index is 5.86. The summed E-state index contributed by atoms with van der Waals surface area (Å²) in [6, 6.07) is 2.09. The van der Waals surface area contributed by atoms with Crippen molar-refractivity contribution in [2.75, 3.05) is 7.05 Å². The molecule has 0 aromatic carbocycles. The Bertz CT molecular complexity index is 350. The van der Waals surface area contributed by atoms with E-state index in [1.54, 1.807) is 0 Å². The molecule has 3 nitrogen and oxygen atoms in total. The molecule has 0 amide bonds. The number of pyridine rings is 1. The Morgan fingerprint density at radius 2 is 2.12 bits per heavy atom. The molecule has 1 N–H and O–H groups in total. The molecule has 0 aliphatic heterocycles. The van der Waals surface area contributed by atoms with Crippen molar-refractivity contribution in [1.82, 2.24) is 10.3 Å². The maximum Gasteiger partial charge on any atom is 0.218 e. The van der Waals surface area contributed by atoms with Crippen LogP contribution < -0.4 is 10.1 Å². The first-order valence-electron chi connectivity index (χ1n) is 5.86. The van der Waals surface area contributed by atoms with E-state index in [9.17, 15) is 0 Å². The van der Waals surface area contributed by atoms with Crippen LogP contribution in [0.2, 0.25) is 0 Å². The lowest BCUT2D eigenvalue weighted by molar-refractivity contribution is 0.205. The topological polar surface area (TPSA) is 34.1 Å². The van der Waals surface area contributed by atoms with E-state index in [1.807, 2.05) is 14.0 Å². The minimum atomic E-state index is 0.212. The molecule has 90 valence electrons. The zero-order chi connectivity index (χ0) is 12.1. The quantitative estimate of drug-likeness (QED) is 0.831. The van der Waals surface area contributed by atoms with Gasteiger partial charge in [-0.3, -0.25) is 0 Å². The number of nitrogens with one attached hydrogen (secondary N) is 1. The number of rotatable bonds is 5. The second-order valence-corrected chi connectivity index (χ2v) is 4.23. The summed E-state index contributed by atoms with van der Waals surface area (Å²) in [5, 5.41) is 3.16. The van der Waals surface area contributed by atoms with E-state index in [0.717, 1.165) is 30.1 Å². The molecule has 1 aromatic heterocycles. The predicted octanol–water partition coefficient (Wildman–Crippen LogP) is 2.60. The monoisotopic (exact) mass is 222 g/mol. The molecule has 0 fully saturated rings. The minimum Gasteiger partial charge on any atom is -0.474 e. The van der Waals surface area contributed by atoms with Crippen LogP contribution in [0.4, 0.5) is 0 Å². The van der Waals surface area contributed by atoms with E-state index < -0.39 is 0 Å². The van der Waals surface area contributed by atoms with Gasteiger partial charge < -0.3 is 10.1 Å². The molecule has 3 heteroatoms. The van der Waals surface area contributed by atoms with E-state index in [1.165, 1.54) is 5.56 Å². The third-order valence-corrected chi connectivity index (χ3v) is 2.68. The average Bonchev–Trinajstić information content (AvgIpc) is 2.23. The van der Waals surface area contributed by atoms with Crippen molar-refractivity contribution in [2.24, 2.45) is 0 Å². The summed E-state index contributed by atoms with van der Waals surface area (Å²) in [6.45, 7) is 9.09. The van der Waals surface area contributed by atoms with Gasteiger partial charge in [0.2, 0.25) is 5.88 Å². The Morgan fingerprint density at radius 1 is 1.44 bits per heavy atom. The molecular formula is C13H22N2O. The average molecular weight is 222 g/mol. The lowest BCUT2D eigenvalue weighted by Crippen LogP contribution is -2.16. The van der Waals surface area contributed by atoms with Gasteiger partial charge in [0.05, 0.1) is 6.10 Å². The highest BCUT2D eigenvalue weighted by Gasteiger charge is 2.11. The van der Waals surface area contributed by atoms with Crippen LogP contribution in [0.25, 0.3) is 0 Å². The standard InChI is InChI=1S/C13H22N2O/c1-6-11(4)16-13-12(8-14-5)9(2)7-10(3)15-13/h7,11,14H,6,8H2,1-5H3. The zero-order valence-electron chi connectivity index (χ0n) is 10.9. The molecule has 0 spiro atoms. The Morgan fingerprint density at radius 3 is 2.69 bits per heavy atom. The van der Waals surface area contributed by atoms with Crippen LogP contribution in [0.15, 0.2) is 6.07 Å². The molecule has 0 aliphatic carbocycles. The Hall–Kier alpha value is -1.09. The van der Waals surface area contributed by atoms with Crippen molar-refractivity contribution < 1.29 is 4.74 Å². The summed E-state index contributed by atoms with van der Waals surface area (Å²) in [4.78, 5) is 4.48. The Labute approximate surface area is 98.2 Å². The smallest absolute Gasteiger partial charge is 0.218 e. The Kier molecular flexibility index (Phi) is 4.74. The number of ether oxygens (including phenoxy) is 1. The SMILES string of the molecule is CCC(C)Oc1nc(C)cc(C)c1CNC. The molecule has 0 radical (unpaired) electrons. The molecule has 0 saturated carbocycles. The highest BCUT2D eigenvalue weighted by atomic mass is 16.5. The second-order valence-electron chi connectivity index (χ2n) is 4.23. The van der Waals surface area contributed by atoms with E-state index in [-0.39, 0.29) is 6.10 Å². The van der Waals surface area contributed by atoms with Crippen molar-refractivity contribution in [3.63, 3.8) is 0 Å². The van der Waals surface area contributed by atoms with Crippen molar-refractivity contribution in [1.29, 1.82) is 0 Å². The molecule has 0 aliphatic rings. The van der Waals surface area contributed by atoms with Crippen molar-refractivity contribution in [3.8, 4) is 5.88 Å². The summed E-state index contributed by atoms with van der Waals surface area (Å²) in [6.07, 6.45) is 1.21. The molecule has 16 heavy (non-hydrogen) atoms. The highest BCUT2D eigenvalue weighted by molar-refractivity contribution is 5.35. The van der Waals surface area contributed by atoms with Crippen LogP contribution in [-0.2, 0) is 6.54 Å². The zero-order valence-corrected chi connectivity index (χ0v) is 10.9. The van der Waals surface area contributed by atoms with Gasteiger partial charge in [0.1, 0.15) is 0 Å².